The zero-order valence-corrected chi connectivity index (χ0v) is 25.0. The van der Waals surface area contributed by atoms with Gasteiger partial charge in [0.05, 0.1) is 0 Å². The summed E-state index contributed by atoms with van der Waals surface area (Å²) in [5, 5.41) is 3.49. The topological polar surface area (TPSA) is 0 Å². The van der Waals surface area contributed by atoms with Crippen LogP contribution in [0.2, 0.25) is 5.02 Å². The number of benzene rings is 4. The second-order valence-electron chi connectivity index (χ2n) is 8.01. The van der Waals surface area contributed by atoms with E-state index in [1.54, 1.807) is 11.1 Å². The van der Waals surface area contributed by atoms with Gasteiger partial charge in [-0.15, -0.1) is 0 Å². The number of hydrogen-bond donors (Lipinski definition) is 0. The molecule has 4 aromatic carbocycles. The van der Waals surface area contributed by atoms with Crippen molar-refractivity contribution in [3.63, 3.8) is 0 Å². The van der Waals surface area contributed by atoms with Crippen LogP contribution in [0.5, 0.6) is 0 Å². The highest BCUT2D eigenvalue weighted by Crippen LogP contribution is 2.23. The van der Waals surface area contributed by atoms with Crippen molar-refractivity contribution in [3.05, 3.63) is 118 Å². The summed E-state index contributed by atoms with van der Waals surface area (Å²) >= 11 is 5.64. The average Bonchev–Trinajstić information content (AvgIpc) is 2.93. The summed E-state index contributed by atoms with van der Waals surface area (Å²) in [7, 11) is 0. The van der Waals surface area contributed by atoms with Crippen molar-refractivity contribution in [1.82, 2.24) is 0 Å². The molecule has 1 heteroatoms. The van der Waals surface area contributed by atoms with Crippen LogP contribution < -0.4 is 0 Å². The third kappa shape index (κ3) is 11.9. The molecular formula is C35H49Cl. The van der Waals surface area contributed by atoms with Gasteiger partial charge in [-0.1, -0.05) is 126 Å². The fourth-order valence-electron chi connectivity index (χ4n) is 3.97. The van der Waals surface area contributed by atoms with Crippen LogP contribution in [-0.4, -0.2) is 0 Å². The zero-order chi connectivity index (χ0) is 27.3. The number of rotatable bonds is 0. The predicted octanol–water partition coefficient (Wildman–Crippen LogP) is 11.7. The van der Waals surface area contributed by atoms with Crippen LogP contribution in [-0.2, 0) is 12.8 Å². The molecule has 0 N–H and O–H groups in total. The number of aryl methyl sites for hydroxylation is 4. The lowest BCUT2D eigenvalue weighted by molar-refractivity contribution is 0.682. The smallest absolute Gasteiger partial charge is 0.0408 e. The van der Waals surface area contributed by atoms with Gasteiger partial charge in [-0.2, -0.15) is 0 Å². The maximum Gasteiger partial charge on any atom is 0.0408 e. The highest BCUT2D eigenvalue weighted by atomic mass is 35.5. The van der Waals surface area contributed by atoms with Gasteiger partial charge in [0.1, 0.15) is 0 Å². The lowest BCUT2D eigenvalue weighted by Crippen LogP contribution is -2.03. The molecule has 0 saturated carbocycles. The van der Waals surface area contributed by atoms with Gasteiger partial charge in [0.15, 0.2) is 0 Å². The summed E-state index contributed by atoms with van der Waals surface area (Å²) in [6.07, 6.45) is 5.38. The Hall–Kier alpha value is -2.57. The van der Waals surface area contributed by atoms with Gasteiger partial charge >= 0.3 is 0 Å². The van der Waals surface area contributed by atoms with Crippen molar-refractivity contribution in [2.75, 3.05) is 0 Å². The largest absolute Gasteiger partial charge is 0.0843 e. The van der Waals surface area contributed by atoms with Crippen LogP contribution in [0.25, 0.3) is 10.8 Å². The van der Waals surface area contributed by atoms with E-state index in [0.717, 1.165) is 5.02 Å². The van der Waals surface area contributed by atoms with Crippen molar-refractivity contribution in [2.24, 2.45) is 0 Å². The van der Waals surface area contributed by atoms with Gasteiger partial charge < -0.3 is 0 Å². The molecule has 0 saturated heterocycles. The molecule has 5 rings (SSSR count). The molecule has 0 spiro atoms. The van der Waals surface area contributed by atoms with Crippen molar-refractivity contribution in [1.29, 1.82) is 0 Å². The minimum atomic E-state index is 0.810. The Labute approximate surface area is 227 Å². The summed E-state index contributed by atoms with van der Waals surface area (Å²) in [5.74, 6) is 0. The van der Waals surface area contributed by atoms with E-state index in [1.807, 2.05) is 72.7 Å². The molecule has 0 fully saturated rings. The first-order chi connectivity index (χ1) is 17.5. The first-order valence-electron chi connectivity index (χ1n) is 13.8. The summed E-state index contributed by atoms with van der Waals surface area (Å²) in [5.41, 5.74) is 7.26. The van der Waals surface area contributed by atoms with Crippen molar-refractivity contribution in [2.45, 2.75) is 88.0 Å². The van der Waals surface area contributed by atoms with Gasteiger partial charge in [0, 0.05) is 5.02 Å². The van der Waals surface area contributed by atoms with Crippen molar-refractivity contribution in [3.8, 4) is 0 Å². The second-order valence-corrected chi connectivity index (χ2v) is 8.45. The van der Waals surface area contributed by atoms with E-state index in [1.165, 1.54) is 53.1 Å². The normalized spacial score (nSPS) is 10.6. The Kier molecular flexibility index (Phi) is 19.1. The minimum Gasteiger partial charge on any atom is -0.0843 e. The third-order valence-corrected chi connectivity index (χ3v) is 5.85. The fraction of sp³-hybridized carbons (Fsp3) is 0.371. The molecule has 0 heterocycles. The molecule has 4 aromatic rings. The zero-order valence-electron chi connectivity index (χ0n) is 24.3. The number of hydrogen-bond acceptors (Lipinski definition) is 0. The fourth-order valence-corrected chi connectivity index (χ4v) is 4.21. The Morgan fingerprint density at radius 3 is 1.69 bits per heavy atom. The van der Waals surface area contributed by atoms with Crippen LogP contribution in [0.3, 0.4) is 0 Å². The minimum absolute atomic E-state index is 0.810. The van der Waals surface area contributed by atoms with Crippen LogP contribution in [0, 0.1) is 20.8 Å². The van der Waals surface area contributed by atoms with E-state index >= 15 is 0 Å². The number of halogens is 1. The average molecular weight is 505 g/mol. The SMILES string of the molecule is CC.CC.CC.Cc1cccc(Cl)c1.Cc1cccc2c1CCCC2.Cc1cccc2ccccc12. The van der Waals surface area contributed by atoms with Gasteiger partial charge in [-0.3, -0.25) is 0 Å². The highest BCUT2D eigenvalue weighted by molar-refractivity contribution is 6.30. The molecule has 0 aromatic heterocycles. The van der Waals surface area contributed by atoms with E-state index in [4.69, 9.17) is 11.6 Å². The molecule has 0 atom stereocenters. The molecule has 0 nitrogen and oxygen atoms in total. The predicted molar refractivity (Wildman–Crippen MR) is 167 cm³/mol. The molecule has 196 valence electrons. The first-order valence-corrected chi connectivity index (χ1v) is 14.2. The summed E-state index contributed by atoms with van der Waals surface area (Å²) in [6, 6.07) is 29.3. The second kappa shape index (κ2) is 20.6. The molecular weight excluding hydrogens is 456 g/mol. The van der Waals surface area contributed by atoms with E-state index in [2.05, 4.69) is 74.5 Å². The van der Waals surface area contributed by atoms with E-state index in [9.17, 15) is 0 Å². The third-order valence-electron chi connectivity index (χ3n) is 5.62. The van der Waals surface area contributed by atoms with Gasteiger partial charge in [-0.25, -0.2) is 0 Å². The highest BCUT2D eigenvalue weighted by Gasteiger charge is 2.09. The summed E-state index contributed by atoms with van der Waals surface area (Å²) in [6.45, 7) is 18.4. The molecule has 36 heavy (non-hydrogen) atoms. The summed E-state index contributed by atoms with van der Waals surface area (Å²) in [4.78, 5) is 0. The first kappa shape index (κ1) is 33.4. The Morgan fingerprint density at radius 2 is 1.11 bits per heavy atom. The lowest BCUT2D eigenvalue weighted by Gasteiger charge is -2.17. The van der Waals surface area contributed by atoms with E-state index in [0.29, 0.717) is 0 Å². The van der Waals surface area contributed by atoms with Crippen LogP contribution in [0.4, 0.5) is 0 Å². The van der Waals surface area contributed by atoms with Crippen molar-refractivity contribution >= 4 is 22.4 Å². The van der Waals surface area contributed by atoms with E-state index < -0.39 is 0 Å². The van der Waals surface area contributed by atoms with E-state index in [-0.39, 0.29) is 0 Å². The molecule has 0 aliphatic heterocycles. The van der Waals surface area contributed by atoms with Gasteiger partial charge in [0.25, 0.3) is 0 Å². The molecule has 0 bridgehead atoms. The molecule has 0 unspecified atom stereocenters. The van der Waals surface area contributed by atoms with Gasteiger partial charge in [0.2, 0.25) is 0 Å². The Balaban J connectivity index is 0.000000467. The monoisotopic (exact) mass is 504 g/mol. The number of fused-ring (bicyclic) bond motifs is 2. The van der Waals surface area contributed by atoms with Crippen LogP contribution in [0.1, 0.15) is 82.2 Å². The maximum atomic E-state index is 5.64. The Morgan fingerprint density at radius 1 is 0.556 bits per heavy atom. The molecule has 0 amide bonds. The molecule has 0 radical (unpaired) electrons. The Bertz CT molecular complexity index is 1070. The van der Waals surface area contributed by atoms with Crippen LogP contribution >= 0.6 is 11.6 Å². The molecule has 1 aliphatic rings. The quantitative estimate of drug-likeness (QED) is 0.223. The van der Waals surface area contributed by atoms with Gasteiger partial charge in [-0.05, 0) is 97.2 Å². The standard InChI is InChI=1S/C11H14.C11H10.C7H7Cl.3C2H6/c2*1-9-5-4-7-10-6-2-3-8-11(9)10;1-6-3-2-4-7(8)5-6;3*1-2/h4-5,7H,2-3,6,8H2,1H3;2-8H,1H3;2-5H,1H3;3*1-2H3. The maximum absolute atomic E-state index is 5.64. The van der Waals surface area contributed by atoms with Crippen LogP contribution in [0.15, 0.2) is 84.9 Å². The van der Waals surface area contributed by atoms with Crippen molar-refractivity contribution < 1.29 is 0 Å². The summed E-state index contributed by atoms with van der Waals surface area (Å²) < 4.78 is 0. The molecule has 1 aliphatic carbocycles. The lowest BCUT2D eigenvalue weighted by atomic mass is 9.89.